The average molecular weight is 399 g/mol. The Morgan fingerprint density at radius 2 is 1.96 bits per heavy atom. The van der Waals surface area contributed by atoms with Gasteiger partial charge in [0.15, 0.2) is 0 Å². The molecule has 0 bridgehead atoms. The van der Waals surface area contributed by atoms with Gasteiger partial charge in [-0.25, -0.2) is 4.79 Å². The van der Waals surface area contributed by atoms with Crippen LogP contribution >= 0.6 is 24.0 Å². The monoisotopic (exact) mass is 398 g/mol. The van der Waals surface area contributed by atoms with Crippen LogP contribution < -0.4 is 0 Å². The fraction of sp³-hybridized carbons (Fsp3) is 0.150. The van der Waals surface area contributed by atoms with E-state index in [1.807, 2.05) is 30.6 Å². The van der Waals surface area contributed by atoms with Crippen LogP contribution in [0, 0.1) is 13.8 Å². The zero-order valence-electron chi connectivity index (χ0n) is 14.9. The third-order valence-corrected chi connectivity index (χ3v) is 5.69. The summed E-state index contributed by atoms with van der Waals surface area (Å²) in [5, 5.41) is 9.06. The van der Waals surface area contributed by atoms with Gasteiger partial charge >= 0.3 is 5.97 Å². The largest absolute Gasteiger partial charge is 0.478 e. The lowest BCUT2D eigenvalue weighted by atomic mass is 10.2. The van der Waals surface area contributed by atoms with E-state index >= 15 is 0 Å². The number of thioether (sulfide) groups is 1. The van der Waals surface area contributed by atoms with E-state index in [0.717, 1.165) is 22.6 Å². The van der Waals surface area contributed by atoms with E-state index in [1.165, 1.54) is 16.7 Å². The maximum absolute atomic E-state index is 12.5. The first-order chi connectivity index (χ1) is 12.8. The number of benzene rings is 1. The van der Waals surface area contributed by atoms with E-state index in [9.17, 15) is 9.59 Å². The van der Waals surface area contributed by atoms with E-state index in [2.05, 4.69) is 6.58 Å². The van der Waals surface area contributed by atoms with Crippen LogP contribution in [-0.4, -0.2) is 37.3 Å². The van der Waals surface area contributed by atoms with Crippen LogP contribution in [0.4, 0.5) is 0 Å². The summed E-state index contributed by atoms with van der Waals surface area (Å²) in [4.78, 5) is 25.7. The molecule has 0 aliphatic carbocycles. The van der Waals surface area contributed by atoms with Crippen molar-refractivity contribution in [1.82, 2.24) is 9.47 Å². The number of thiocarbonyl (C=S) groups is 1. The van der Waals surface area contributed by atoms with Crippen molar-refractivity contribution in [2.75, 3.05) is 6.54 Å². The number of carboxylic acid groups (broad SMARTS) is 1. The fourth-order valence-electron chi connectivity index (χ4n) is 3.01. The summed E-state index contributed by atoms with van der Waals surface area (Å²) in [6, 6.07) is 8.71. The predicted octanol–water partition coefficient (Wildman–Crippen LogP) is 4.18. The van der Waals surface area contributed by atoms with Gasteiger partial charge in [0, 0.05) is 23.6 Å². The maximum Gasteiger partial charge on any atom is 0.335 e. The van der Waals surface area contributed by atoms with Crippen LogP contribution in [-0.2, 0) is 4.79 Å². The Morgan fingerprint density at radius 3 is 2.56 bits per heavy atom. The molecule has 2 aromatic rings. The Hall–Kier alpha value is -2.64. The summed E-state index contributed by atoms with van der Waals surface area (Å²) in [6.07, 6.45) is 3.51. The number of hydrogen-bond donors (Lipinski definition) is 1. The van der Waals surface area contributed by atoms with Gasteiger partial charge in [-0.05, 0) is 55.8 Å². The summed E-state index contributed by atoms with van der Waals surface area (Å²) in [7, 11) is 0. The second-order valence-electron chi connectivity index (χ2n) is 6.09. The van der Waals surface area contributed by atoms with E-state index in [-0.39, 0.29) is 11.5 Å². The average Bonchev–Trinajstić information content (AvgIpc) is 3.05. The van der Waals surface area contributed by atoms with Crippen molar-refractivity contribution in [1.29, 1.82) is 0 Å². The van der Waals surface area contributed by atoms with Gasteiger partial charge in [0.05, 0.1) is 10.5 Å². The second-order valence-corrected chi connectivity index (χ2v) is 7.77. The first-order valence-electron chi connectivity index (χ1n) is 8.22. The molecule has 0 spiro atoms. The van der Waals surface area contributed by atoms with Gasteiger partial charge in [0.1, 0.15) is 4.32 Å². The third kappa shape index (κ3) is 3.61. The molecule has 1 aliphatic heterocycles. The standard InChI is InChI=1S/C20H18N2O3S2/c1-4-9-21-18(23)17(27-20(21)26)11-15-10-12(2)22(13(15)3)16-7-5-14(6-8-16)19(24)25/h4-8,10-11H,1,9H2,2-3H3,(H,24,25)/b17-11-. The van der Waals surface area contributed by atoms with Crippen LogP contribution in [0.2, 0.25) is 0 Å². The van der Waals surface area contributed by atoms with Gasteiger partial charge in [0.2, 0.25) is 0 Å². The van der Waals surface area contributed by atoms with E-state index in [4.69, 9.17) is 17.3 Å². The Bertz CT molecular complexity index is 987. The van der Waals surface area contributed by atoms with Crippen molar-refractivity contribution in [2.45, 2.75) is 13.8 Å². The Kier molecular flexibility index (Phi) is 5.34. The van der Waals surface area contributed by atoms with Crippen molar-refractivity contribution in [2.24, 2.45) is 0 Å². The van der Waals surface area contributed by atoms with Crippen LogP contribution in [0.5, 0.6) is 0 Å². The van der Waals surface area contributed by atoms with Crippen LogP contribution in [0.3, 0.4) is 0 Å². The minimum absolute atomic E-state index is 0.111. The minimum Gasteiger partial charge on any atom is -0.478 e. The van der Waals surface area contributed by atoms with Gasteiger partial charge in [-0.2, -0.15) is 0 Å². The molecular weight excluding hydrogens is 380 g/mol. The number of hydrogen-bond acceptors (Lipinski definition) is 4. The highest BCUT2D eigenvalue weighted by molar-refractivity contribution is 8.26. The van der Waals surface area contributed by atoms with Crippen molar-refractivity contribution < 1.29 is 14.7 Å². The lowest BCUT2D eigenvalue weighted by Gasteiger charge is -2.10. The molecule has 1 amide bonds. The molecule has 0 saturated carbocycles. The first kappa shape index (κ1) is 19.1. The third-order valence-electron chi connectivity index (χ3n) is 4.31. The second kappa shape index (κ2) is 7.54. The zero-order valence-corrected chi connectivity index (χ0v) is 16.6. The van der Waals surface area contributed by atoms with Gasteiger partial charge in [-0.1, -0.05) is 30.1 Å². The fourth-order valence-corrected chi connectivity index (χ4v) is 4.28. The molecule has 2 heterocycles. The van der Waals surface area contributed by atoms with Gasteiger partial charge in [-0.15, -0.1) is 6.58 Å². The van der Waals surface area contributed by atoms with Gasteiger partial charge in [-0.3, -0.25) is 9.69 Å². The maximum atomic E-state index is 12.5. The number of aryl methyl sites for hydroxylation is 1. The number of nitrogens with zero attached hydrogens (tertiary/aromatic N) is 2. The molecule has 1 aromatic carbocycles. The molecule has 0 atom stereocenters. The highest BCUT2D eigenvalue weighted by Crippen LogP contribution is 2.34. The summed E-state index contributed by atoms with van der Waals surface area (Å²) in [6.45, 7) is 8.00. The molecule has 0 unspecified atom stereocenters. The van der Waals surface area contributed by atoms with Gasteiger partial charge < -0.3 is 9.67 Å². The summed E-state index contributed by atoms with van der Waals surface area (Å²) in [5.41, 5.74) is 3.99. The van der Waals surface area contributed by atoms with Crippen LogP contribution in [0.15, 0.2) is 47.9 Å². The molecule has 3 rings (SSSR count). The lowest BCUT2D eigenvalue weighted by Crippen LogP contribution is -2.27. The minimum atomic E-state index is -0.954. The Labute approximate surface area is 167 Å². The van der Waals surface area contributed by atoms with E-state index in [1.54, 1.807) is 30.3 Å². The van der Waals surface area contributed by atoms with Crippen molar-refractivity contribution in [3.8, 4) is 5.69 Å². The lowest BCUT2D eigenvalue weighted by molar-refractivity contribution is -0.121. The molecule has 0 radical (unpaired) electrons. The molecule has 27 heavy (non-hydrogen) atoms. The van der Waals surface area contributed by atoms with Crippen LogP contribution in [0.1, 0.15) is 27.3 Å². The Balaban J connectivity index is 1.97. The number of aromatic carboxylic acids is 1. The molecule has 1 aliphatic rings. The van der Waals surface area contributed by atoms with Crippen molar-refractivity contribution in [3.63, 3.8) is 0 Å². The highest BCUT2D eigenvalue weighted by Gasteiger charge is 2.31. The Morgan fingerprint density at radius 1 is 1.30 bits per heavy atom. The summed E-state index contributed by atoms with van der Waals surface area (Å²) >= 11 is 6.56. The number of carbonyl (C=O) groups is 2. The van der Waals surface area contributed by atoms with E-state index in [0.29, 0.717) is 15.8 Å². The summed E-state index contributed by atoms with van der Waals surface area (Å²) < 4.78 is 2.56. The molecule has 1 saturated heterocycles. The molecule has 1 aromatic heterocycles. The van der Waals surface area contributed by atoms with Crippen molar-refractivity contribution in [3.05, 3.63) is 70.4 Å². The van der Waals surface area contributed by atoms with E-state index < -0.39 is 5.97 Å². The van der Waals surface area contributed by atoms with Gasteiger partial charge in [0.25, 0.3) is 5.91 Å². The number of rotatable bonds is 5. The SMILES string of the molecule is C=CCN1C(=O)/C(=C/c2cc(C)n(-c3ccc(C(=O)O)cc3)c2C)SC1=S. The molecule has 7 heteroatoms. The number of carbonyl (C=O) groups excluding carboxylic acids is 1. The number of carboxylic acids is 1. The first-order valence-corrected chi connectivity index (χ1v) is 9.45. The molecular formula is C20H18N2O3S2. The number of aromatic nitrogens is 1. The van der Waals surface area contributed by atoms with Crippen molar-refractivity contribution >= 4 is 46.3 Å². The molecule has 5 nitrogen and oxygen atoms in total. The molecule has 1 fully saturated rings. The predicted molar refractivity (Wildman–Crippen MR) is 112 cm³/mol. The molecule has 1 N–H and O–H groups in total. The smallest absolute Gasteiger partial charge is 0.335 e. The van der Waals surface area contributed by atoms with Crippen LogP contribution in [0.25, 0.3) is 11.8 Å². The highest BCUT2D eigenvalue weighted by atomic mass is 32.2. The number of amides is 1. The zero-order chi connectivity index (χ0) is 19.7. The summed E-state index contributed by atoms with van der Waals surface area (Å²) in [5.74, 6) is -1.06. The molecule has 138 valence electrons. The normalized spacial score (nSPS) is 15.6. The quantitative estimate of drug-likeness (QED) is 0.465. The topological polar surface area (TPSA) is 62.5 Å².